The van der Waals surface area contributed by atoms with Gasteiger partial charge in [0.2, 0.25) is 10.0 Å². The molecular formula is C21H25N3O2S. The van der Waals surface area contributed by atoms with E-state index in [-0.39, 0.29) is 4.90 Å². The molecule has 0 spiro atoms. The third-order valence-corrected chi connectivity index (χ3v) is 5.71. The second-order valence-electron chi connectivity index (χ2n) is 7.51. The van der Waals surface area contributed by atoms with Gasteiger partial charge in [0.1, 0.15) is 4.90 Å². The molecule has 27 heavy (non-hydrogen) atoms. The Kier molecular flexibility index (Phi) is 5.48. The van der Waals surface area contributed by atoms with Crippen LogP contribution in [0.1, 0.15) is 32.0 Å². The lowest BCUT2D eigenvalue weighted by Gasteiger charge is -2.17. The number of benzene rings is 2. The van der Waals surface area contributed by atoms with Crippen molar-refractivity contribution < 1.29 is 8.42 Å². The first-order valence-electron chi connectivity index (χ1n) is 8.96. The van der Waals surface area contributed by atoms with Gasteiger partial charge in [-0.25, -0.2) is 17.8 Å². The molecule has 1 N–H and O–H groups in total. The lowest BCUT2D eigenvalue weighted by molar-refractivity contribution is 0.539. The van der Waals surface area contributed by atoms with E-state index in [4.69, 9.17) is 0 Å². The van der Waals surface area contributed by atoms with Gasteiger partial charge in [0.25, 0.3) is 0 Å². The van der Waals surface area contributed by atoms with Gasteiger partial charge in [0.15, 0.2) is 0 Å². The predicted molar refractivity (Wildman–Crippen MR) is 108 cm³/mol. The second kappa shape index (κ2) is 7.66. The Morgan fingerprint density at radius 2 is 1.56 bits per heavy atom. The van der Waals surface area contributed by atoms with Crippen LogP contribution in [0.25, 0.3) is 5.69 Å². The molecule has 0 atom stereocenters. The van der Waals surface area contributed by atoms with Gasteiger partial charge in [-0.15, -0.1) is 0 Å². The Morgan fingerprint density at radius 1 is 0.963 bits per heavy atom. The van der Waals surface area contributed by atoms with Gasteiger partial charge in [0, 0.05) is 12.0 Å². The number of rotatable bonds is 6. The maximum absolute atomic E-state index is 13.0. The smallest absolute Gasteiger partial charge is 0.239 e. The molecule has 0 unspecified atom stereocenters. The van der Waals surface area contributed by atoms with Crippen molar-refractivity contribution in [2.75, 3.05) is 6.54 Å². The van der Waals surface area contributed by atoms with Crippen molar-refractivity contribution in [1.82, 2.24) is 14.5 Å². The van der Waals surface area contributed by atoms with Crippen LogP contribution in [0.4, 0.5) is 0 Å². The summed E-state index contributed by atoms with van der Waals surface area (Å²) in [7, 11) is -3.66. The molecule has 0 aliphatic carbocycles. The van der Waals surface area contributed by atoms with Crippen molar-refractivity contribution in [3.63, 3.8) is 0 Å². The van der Waals surface area contributed by atoms with Crippen molar-refractivity contribution in [3.8, 4) is 5.69 Å². The Bertz CT molecular complexity index is 989. The molecule has 1 aromatic heterocycles. The molecule has 0 fully saturated rings. The number of sulfonamides is 1. The van der Waals surface area contributed by atoms with E-state index >= 15 is 0 Å². The van der Waals surface area contributed by atoms with Gasteiger partial charge in [0.05, 0.1) is 17.6 Å². The van der Waals surface area contributed by atoms with Gasteiger partial charge in [-0.2, -0.15) is 5.10 Å². The van der Waals surface area contributed by atoms with Crippen molar-refractivity contribution in [2.24, 2.45) is 0 Å². The van der Waals surface area contributed by atoms with Crippen molar-refractivity contribution in [3.05, 3.63) is 78.1 Å². The van der Waals surface area contributed by atoms with E-state index in [2.05, 4.69) is 9.82 Å². The van der Waals surface area contributed by atoms with Gasteiger partial charge in [-0.3, -0.25) is 0 Å². The minimum Gasteiger partial charge on any atom is -0.239 e. The molecule has 3 aromatic rings. The molecule has 2 aromatic carbocycles. The van der Waals surface area contributed by atoms with Crippen LogP contribution >= 0.6 is 0 Å². The van der Waals surface area contributed by atoms with Crippen LogP contribution in [0, 0.1) is 0 Å². The molecule has 0 amide bonds. The number of hydrogen-bond donors (Lipinski definition) is 1. The van der Waals surface area contributed by atoms with E-state index in [0.717, 1.165) is 11.3 Å². The fourth-order valence-corrected chi connectivity index (χ4v) is 4.21. The number of hydrogen-bond acceptors (Lipinski definition) is 3. The zero-order chi connectivity index (χ0) is 19.5. The topological polar surface area (TPSA) is 64.0 Å². The Morgan fingerprint density at radius 3 is 2.15 bits per heavy atom. The van der Waals surface area contributed by atoms with Gasteiger partial charge < -0.3 is 0 Å². The van der Waals surface area contributed by atoms with E-state index < -0.39 is 15.4 Å². The lowest BCUT2D eigenvalue weighted by atomic mass is 9.92. The van der Waals surface area contributed by atoms with Gasteiger partial charge >= 0.3 is 0 Å². The zero-order valence-corrected chi connectivity index (χ0v) is 16.7. The summed E-state index contributed by atoms with van der Waals surface area (Å²) in [5, 5.41) is 4.58. The third-order valence-electron chi connectivity index (χ3n) is 4.25. The Balaban J connectivity index is 1.88. The molecule has 5 nitrogen and oxygen atoms in total. The number of nitrogens with one attached hydrogen (secondary N) is 1. The molecule has 0 saturated carbocycles. The molecule has 0 bridgehead atoms. The first kappa shape index (κ1) is 19.3. The predicted octanol–water partition coefficient (Wildman–Crippen LogP) is 3.69. The monoisotopic (exact) mass is 383 g/mol. The summed E-state index contributed by atoms with van der Waals surface area (Å²) < 4.78 is 30.3. The van der Waals surface area contributed by atoms with Crippen molar-refractivity contribution in [1.29, 1.82) is 0 Å². The summed E-state index contributed by atoms with van der Waals surface area (Å²) in [5.41, 5.74) is 2.08. The maximum atomic E-state index is 13.0. The van der Waals surface area contributed by atoms with Crippen molar-refractivity contribution >= 4 is 10.0 Å². The van der Waals surface area contributed by atoms with Crippen LogP contribution in [-0.4, -0.2) is 24.7 Å². The highest BCUT2D eigenvalue weighted by atomic mass is 32.2. The number of para-hydroxylation sites is 1. The summed E-state index contributed by atoms with van der Waals surface area (Å²) in [6.07, 6.45) is 2.23. The van der Waals surface area contributed by atoms with E-state index in [9.17, 15) is 8.42 Å². The SMILES string of the molecule is CC(C)(C)c1nn(-c2ccccc2)cc1S(=O)(=O)NCCc1ccccc1. The standard InChI is InChI=1S/C21H25N3O2S/c1-21(2,3)20-19(16-24(23-20)18-12-8-5-9-13-18)27(25,26)22-15-14-17-10-6-4-7-11-17/h4-13,16,22H,14-15H2,1-3H3. The van der Waals surface area contributed by atoms with Gasteiger partial charge in [-0.1, -0.05) is 69.3 Å². The summed E-state index contributed by atoms with van der Waals surface area (Å²) in [6, 6.07) is 19.3. The van der Waals surface area contributed by atoms with E-state index in [1.165, 1.54) is 0 Å². The van der Waals surface area contributed by atoms with Crippen LogP contribution in [0.2, 0.25) is 0 Å². The molecule has 0 aliphatic rings. The van der Waals surface area contributed by atoms with Crippen LogP contribution in [0.15, 0.2) is 71.8 Å². The van der Waals surface area contributed by atoms with Crippen LogP contribution in [-0.2, 0) is 21.9 Å². The molecular weight excluding hydrogens is 358 g/mol. The zero-order valence-electron chi connectivity index (χ0n) is 15.9. The van der Waals surface area contributed by atoms with Crippen LogP contribution < -0.4 is 4.72 Å². The number of nitrogens with zero attached hydrogens (tertiary/aromatic N) is 2. The summed E-state index contributed by atoms with van der Waals surface area (Å²) in [4.78, 5) is 0.229. The normalized spacial score (nSPS) is 12.3. The summed E-state index contributed by atoms with van der Waals surface area (Å²) >= 11 is 0. The quantitative estimate of drug-likeness (QED) is 0.706. The fraction of sp³-hybridized carbons (Fsp3) is 0.286. The first-order valence-corrected chi connectivity index (χ1v) is 10.4. The highest BCUT2D eigenvalue weighted by Gasteiger charge is 2.30. The van der Waals surface area contributed by atoms with Crippen molar-refractivity contribution in [2.45, 2.75) is 37.5 Å². The number of aromatic nitrogens is 2. The average Bonchev–Trinajstić information content (AvgIpc) is 3.10. The summed E-state index contributed by atoms with van der Waals surface area (Å²) in [5.74, 6) is 0. The second-order valence-corrected chi connectivity index (χ2v) is 9.24. The maximum Gasteiger partial charge on any atom is 0.244 e. The largest absolute Gasteiger partial charge is 0.244 e. The Labute approximate surface area is 161 Å². The molecule has 0 saturated heterocycles. The minimum absolute atomic E-state index is 0.229. The average molecular weight is 384 g/mol. The minimum atomic E-state index is -3.66. The van der Waals surface area contributed by atoms with E-state index in [0.29, 0.717) is 18.7 Å². The Hall–Kier alpha value is -2.44. The molecule has 1 heterocycles. The fourth-order valence-electron chi connectivity index (χ4n) is 2.84. The molecule has 0 radical (unpaired) electrons. The van der Waals surface area contributed by atoms with Crippen LogP contribution in [0.5, 0.6) is 0 Å². The molecule has 142 valence electrons. The molecule has 0 aliphatic heterocycles. The third kappa shape index (κ3) is 4.64. The molecule has 3 rings (SSSR count). The van der Waals surface area contributed by atoms with Gasteiger partial charge in [-0.05, 0) is 24.1 Å². The van der Waals surface area contributed by atoms with Crippen LogP contribution in [0.3, 0.4) is 0 Å². The first-order chi connectivity index (χ1) is 12.8. The van der Waals surface area contributed by atoms with E-state index in [1.54, 1.807) is 10.9 Å². The lowest BCUT2D eigenvalue weighted by Crippen LogP contribution is -2.28. The highest BCUT2D eigenvalue weighted by molar-refractivity contribution is 7.89. The summed E-state index contributed by atoms with van der Waals surface area (Å²) in [6.45, 7) is 6.24. The highest BCUT2D eigenvalue weighted by Crippen LogP contribution is 2.28. The van der Waals surface area contributed by atoms with E-state index in [1.807, 2.05) is 81.4 Å². The molecule has 6 heteroatoms.